The number of nitrogens with zero attached hydrogens (tertiary/aromatic N) is 1. The first kappa shape index (κ1) is 20.4. The summed E-state index contributed by atoms with van der Waals surface area (Å²) in [6.07, 6.45) is 2.73. The van der Waals surface area contributed by atoms with Gasteiger partial charge in [0.15, 0.2) is 0 Å². The normalized spacial score (nSPS) is 11.0. The lowest BCUT2D eigenvalue weighted by molar-refractivity contribution is 0.0734. The van der Waals surface area contributed by atoms with Crippen LogP contribution in [0, 0.1) is 0 Å². The van der Waals surface area contributed by atoms with Gasteiger partial charge < -0.3 is 9.47 Å². The molecule has 4 heteroatoms. The number of benzene rings is 4. The van der Waals surface area contributed by atoms with Gasteiger partial charge in [-0.3, -0.25) is 4.99 Å². The molecule has 0 bridgehead atoms. The van der Waals surface area contributed by atoms with Gasteiger partial charge >= 0.3 is 5.97 Å². The van der Waals surface area contributed by atoms with E-state index in [2.05, 4.69) is 29.3 Å². The van der Waals surface area contributed by atoms with Crippen molar-refractivity contribution < 1.29 is 14.3 Å². The number of carbonyl (C=O) groups excluding carboxylic acids is 1. The van der Waals surface area contributed by atoms with Crippen molar-refractivity contribution in [3.05, 3.63) is 102 Å². The Morgan fingerprint density at radius 2 is 1.55 bits per heavy atom. The van der Waals surface area contributed by atoms with Crippen LogP contribution in [0.3, 0.4) is 0 Å². The molecule has 4 aromatic carbocycles. The van der Waals surface area contributed by atoms with Gasteiger partial charge in [0, 0.05) is 6.21 Å². The molecule has 0 aliphatic rings. The summed E-state index contributed by atoms with van der Waals surface area (Å²) in [7, 11) is 0. The lowest BCUT2D eigenvalue weighted by atomic mass is 10.1. The predicted molar refractivity (Wildman–Crippen MR) is 125 cm³/mol. The van der Waals surface area contributed by atoms with Crippen molar-refractivity contribution in [3.8, 4) is 11.5 Å². The van der Waals surface area contributed by atoms with Crippen LogP contribution in [0.1, 0.15) is 29.3 Å². The van der Waals surface area contributed by atoms with E-state index >= 15 is 0 Å². The lowest BCUT2D eigenvalue weighted by Gasteiger charge is -2.07. The van der Waals surface area contributed by atoms with Gasteiger partial charge in [0.05, 0.1) is 17.9 Å². The standard InChI is InChI=1S/C27H23NO3/c1-2-17-30-25-15-10-22(11-16-25)27(29)31-26-13-7-20(8-14-26)19-28-24-12-9-21-5-3-4-6-23(21)18-24/h3-16,18-19H,2,17H2,1H3. The molecule has 0 heterocycles. The van der Waals surface area contributed by atoms with Crippen molar-refractivity contribution in [3.63, 3.8) is 0 Å². The number of carbonyl (C=O) groups is 1. The molecule has 0 atom stereocenters. The molecule has 4 nitrogen and oxygen atoms in total. The van der Waals surface area contributed by atoms with Gasteiger partial charge in [0.2, 0.25) is 0 Å². The zero-order valence-corrected chi connectivity index (χ0v) is 17.3. The van der Waals surface area contributed by atoms with Crippen LogP contribution < -0.4 is 9.47 Å². The average molecular weight is 409 g/mol. The topological polar surface area (TPSA) is 47.9 Å². The van der Waals surface area contributed by atoms with E-state index in [1.165, 1.54) is 5.39 Å². The summed E-state index contributed by atoms with van der Waals surface area (Å²) in [5, 5.41) is 2.35. The quantitative estimate of drug-likeness (QED) is 0.196. The second-order valence-electron chi connectivity index (χ2n) is 7.12. The molecule has 0 fully saturated rings. The van der Waals surface area contributed by atoms with Crippen LogP contribution in [0.5, 0.6) is 11.5 Å². The molecular formula is C27H23NO3. The molecule has 0 aliphatic carbocycles. The van der Waals surface area contributed by atoms with E-state index in [0.29, 0.717) is 17.9 Å². The molecule has 0 spiro atoms. The average Bonchev–Trinajstić information content (AvgIpc) is 2.82. The Labute approximate surface area is 181 Å². The zero-order valence-electron chi connectivity index (χ0n) is 17.3. The molecule has 0 unspecified atom stereocenters. The summed E-state index contributed by atoms with van der Waals surface area (Å²) >= 11 is 0. The molecule has 0 aromatic heterocycles. The maximum Gasteiger partial charge on any atom is 0.343 e. The lowest BCUT2D eigenvalue weighted by Crippen LogP contribution is -2.08. The summed E-state index contributed by atoms with van der Waals surface area (Å²) in [6, 6.07) is 28.5. The Morgan fingerprint density at radius 3 is 2.29 bits per heavy atom. The number of rotatable bonds is 7. The largest absolute Gasteiger partial charge is 0.494 e. The summed E-state index contributed by atoms with van der Waals surface area (Å²) in [5.74, 6) is 0.826. The van der Waals surface area contributed by atoms with E-state index < -0.39 is 5.97 Å². The Balaban J connectivity index is 1.38. The molecule has 0 saturated heterocycles. The van der Waals surface area contributed by atoms with E-state index in [0.717, 1.165) is 28.8 Å². The molecule has 4 rings (SSSR count). The molecule has 0 N–H and O–H groups in total. The first-order chi connectivity index (χ1) is 15.2. The third-order valence-corrected chi connectivity index (χ3v) is 4.75. The van der Waals surface area contributed by atoms with Crippen LogP contribution in [-0.2, 0) is 0 Å². The molecule has 31 heavy (non-hydrogen) atoms. The molecule has 154 valence electrons. The predicted octanol–water partition coefficient (Wildman–Crippen LogP) is 6.60. The van der Waals surface area contributed by atoms with Crippen molar-refractivity contribution >= 4 is 28.6 Å². The van der Waals surface area contributed by atoms with Crippen LogP contribution in [0.25, 0.3) is 10.8 Å². The van der Waals surface area contributed by atoms with E-state index in [4.69, 9.17) is 9.47 Å². The minimum Gasteiger partial charge on any atom is -0.494 e. The zero-order chi connectivity index (χ0) is 21.5. The molecule has 4 aromatic rings. The van der Waals surface area contributed by atoms with Crippen LogP contribution in [0.2, 0.25) is 0 Å². The second kappa shape index (κ2) is 9.72. The van der Waals surface area contributed by atoms with Gasteiger partial charge in [-0.05, 0) is 83.4 Å². The minimum absolute atomic E-state index is 0.403. The highest BCUT2D eigenvalue weighted by Crippen LogP contribution is 2.21. The van der Waals surface area contributed by atoms with Crippen molar-refractivity contribution in [2.45, 2.75) is 13.3 Å². The van der Waals surface area contributed by atoms with Gasteiger partial charge in [0.1, 0.15) is 11.5 Å². The fourth-order valence-corrected chi connectivity index (χ4v) is 3.10. The van der Waals surface area contributed by atoms with Crippen LogP contribution in [0.15, 0.2) is 96.0 Å². The van der Waals surface area contributed by atoms with Gasteiger partial charge in [-0.15, -0.1) is 0 Å². The Morgan fingerprint density at radius 1 is 0.839 bits per heavy atom. The van der Waals surface area contributed by atoms with Crippen molar-refractivity contribution in [1.82, 2.24) is 0 Å². The number of aliphatic imine (C=N–C) groups is 1. The minimum atomic E-state index is -0.403. The summed E-state index contributed by atoms with van der Waals surface area (Å²) in [5.41, 5.74) is 2.29. The monoisotopic (exact) mass is 409 g/mol. The Hall–Kier alpha value is -3.92. The van der Waals surface area contributed by atoms with Crippen molar-refractivity contribution in [1.29, 1.82) is 0 Å². The fraction of sp³-hybridized carbons (Fsp3) is 0.111. The van der Waals surface area contributed by atoms with E-state index in [1.807, 2.05) is 37.3 Å². The SMILES string of the molecule is CCCOc1ccc(C(=O)Oc2ccc(C=Nc3ccc4ccccc4c3)cc2)cc1. The van der Waals surface area contributed by atoms with Gasteiger partial charge in [-0.1, -0.05) is 37.3 Å². The third-order valence-electron chi connectivity index (χ3n) is 4.75. The molecule has 0 aliphatic heterocycles. The smallest absolute Gasteiger partial charge is 0.343 e. The highest BCUT2D eigenvalue weighted by Gasteiger charge is 2.08. The molecule has 0 saturated carbocycles. The number of fused-ring (bicyclic) bond motifs is 1. The van der Waals surface area contributed by atoms with Crippen LogP contribution in [-0.4, -0.2) is 18.8 Å². The maximum atomic E-state index is 12.4. The number of ether oxygens (including phenoxy) is 2. The van der Waals surface area contributed by atoms with Crippen molar-refractivity contribution in [2.75, 3.05) is 6.61 Å². The van der Waals surface area contributed by atoms with Crippen LogP contribution >= 0.6 is 0 Å². The third kappa shape index (κ3) is 5.37. The fourth-order valence-electron chi connectivity index (χ4n) is 3.10. The van der Waals surface area contributed by atoms with Crippen molar-refractivity contribution in [2.24, 2.45) is 4.99 Å². The van der Waals surface area contributed by atoms with Gasteiger partial charge in [0.25, 0.3) is 0 Å². The Bertz CT molecular complexity index is 1200. The van der Waals surface area contributed by atoms with Crippen LogP contribution in [0.4, 0.5) is 5.69 Å². The number of hydrogen-bond donors (Lipinski definition) is 0. The highest BCUT2D eigenvalue weighted by molar-refractivity contribution is 5.91. The summed E-state index contributed by atoms with van der Waals surface area (Å²) < 4.78 is 11.0. The van der Waals surface area contributed by atoms with Gasteiger partial charge in [-0.25, -0.2) is 4.79 Å². The summed E-state index contributed by atoms with van der Waals surface area (Å²) in [6.45, 7) is 2.70. The number of hydrogen-bond acceptors (Lipinski definition) is 4. The van der Waals surface area contributed by atoms with E-state index in [-0.39, 0.29) is 0 Å². The van der Waals surface area contributed by atoms with E-state index in [1.54, 1.807) is 42.6 Å². The highest BCUT2D eigenvalue weighted by atomic mass is 16.5. The maximum absolute atomic E-state index is 12.4. The Kier molecular flexibility index (Phi) is 6.38. The summed E-state index contributed by atoms with van der Waals surface area (Å²) in [4.78, 5) is 16.9. The first-order valence-electron chi connectivity index (χ1n) is 10.3. The molecular weight excluding hydrogens is 386 g/mol. The van der Waals surface area contributed by atoms with E-state index in [9.17, 15) is 4.79 Å². The molecule has 0 radical (unpaired) electrons. The number of esters is 1. The first-order valence-corrected chi connectivity index (χ1v) is 10.3. The molecule has 0 amide bonds. The second-order valence-corrected chi connectivity index (χ2v) is 7.12. The van der Waals surface area contributed by atoms with Gasteiger partial charge in [-0.2, -0.15) is 0 Å².